The van der Waals surface area contributed by atoms with Crippen molar-refractivity contribution in [2.24, 2.45) is 0 Å². The Morgan fingerprint density at radius 3 is 2.62 bits per heavy atom. The Balaban J connectivity index is 1.67. The van der Waals surface area contributed by atoms with E-state index >= 15 is 0 Å². The molecule has 0 bridgehead atoms. The number of halogens is 2. The normalized spacial score (nSPS) is 12.5. The number of aromatic nitrogens is 3. The largest absolute Gasteiger partial charge is 0.330 e. The van der Waals surface area contributed by atoms with E-state index in [4.69, 9.17) is 11.6 Å². The van der Waals surface area contributed by atoms with Crippen molar-refractivity contribution in [3.63, 3.8) is 0 Å². The number of hydrogen-bond donors (Lipinski definition) is 0. The van der Waals surface area contributed by atoms with Gasteiger partial charge in [0.25, 0.3) is 5.56 Å². The standard InChI is InChI=1S/C26H21ClFN3O/c1-17(19-7-3-2-4-8-19)14-30-16-29-24-22-13-21(28)10-11-23(22)31(25(24)26(30)32)15-18-6-5-9-20(27)12-18/h2-13,16-17H,14-15H2,1H3/t17-/m1/s1. The van der Waals surface area contributed by atoms with Crippen molar-refractivity contribution in [1.82, 2.24) is 14.1 Å². The zero-order valence-corrected chi connectivity index (χ0v) is 18.3. The molecular weight excluding hydrogens is 425 g/mol. The predicted molar refractivity (Wildman–Crippen MR) is 127 cm³/mol. The van der Waals surface area contributed by atoms with Crippen LogP contribution in [0.2, 0.25) is 5.02 Å². The van der Waals surface area contributed by atoms with E-state index in [1.165, 1.54) is 12.1 Å². The van der Waals surface area contributed by atoms with Crippen LogP contribution in [0, 0.1) is 5.82 Å². The van der Waals surface area contributed by atoms with Crippen LogP contribution in [0.3, 0.4) is 0 Å². The second-order valence-corrected chi connectivity index (χ2v) is 8.53. The van der Waals surface area contributed by atoms with E-state index < -0.39 is 0 Å². The summed E-state index contributed by atoms with van der Waals surface area (Å²) in [6, 6.07) is 22.1. The number of fused-ring (bicyclic) bond motifs is 3. The van der Waals surface area contributed by atoms with Crippen LogP contribution in [-0.2, 0) is 13.1 Å². The van der Waals surface area contributed by atoms with Crippen LogP contribution in [-0.4, -0.2) is 14.1 Å². The first-order chi connectivity index (χ1) is 15.5. The summed E-state index contributed by atoms with van der Waals surface area (Å²) < 4.78 is 17.6. The summed E-state index contributed by atoms with van der Waals surface area (Å²) in [7, 11) is 0. The molecule has 0 aliphatic rings. The van der Waals surface area contributed by atoms with Crippen LogP contribution in [0.4, 0.5) is 4.39 Å². The lowest BCUT2D eigenvalue weighted by molar-refractivity contribution is 0.575. The predicted octanol–water partition coefficient (Wildman–Crippen LogP) is 6.00. The molecule has 1 atom stereocenters. The first kappa shape index (κ1) is 20.5. The zero-order chi connectivity index (χ0) is 22.2. The molecule has 2 aromatic heterocycles. The highest BCUT2D eigenvalue weighted by Gasteiger charge is 2.18. The van der Waals surface area contributed by atoms with Gasteiger partial charge in [0.15, 0.2) is 0 Å². The summed E-state index contributed by atoms with van der Waals surface area (Å²) in [4.78, 5) is 18.2. The monoisotopic (exact) mass is 445 g/mol. The van der Waals surface area contributed by atoms with Gasteiger partial charge in [0.05, 0.1) is 11.8 Å². The van der Waals surface area contributed by atoms with E-state index in [-0.39, 0.29) is 17.3 Å². The fourth-order valence-corrected chi connectivity index (χ4v) is 4.48. The maximum Gasteiger partial charge on any atom is 0.277 e. The lowest BCUT2D eigenvalue weighted by Gasteiger charge is -2.14. The molecule has 4 nitrogen and oxygen atoms in total. The van der Waals surface area contributed by atoms with Crippen molar-refractivity contribution in [2.45, 2.75) is 25.9 Å². The first-order valence-corrected chi connectivity index (χ1v) is 10.9. The molecule has 32 heavy (non-hydrogen) atoms. The van der Waals surface area contributed by atoms with Gasteiger partial charge in [0, 0.05) is 23.5 Å². The minimum absolute atomic E-state index is 0.136. The van der Waals surface area contributed by atoms with E-state index in [1.807, 2.05) is 47.0 Å². The lowest BCUT2D eigenvalue weighted by atomic mass is 10.0. The molecular formula is C26H21ClFN3O. The summed E-state index contributed by atoms with van der Waals surface area (Å²) in [6.45, 7) is 3.02. The molecule has 5 rings (SSSR count). The summed E-state index contributed by atoms with van der Waals surface area (Å²) in [5.41, 5.74) is 3.70. The third-order valence-corrected chi connectivity index (χ3v) is 6.09. The van der Waals surface area contributed by atoms with Crippen molar-refractivity contribution < 1.29 is 4.39 Å². The lowest BCUT2D eigenvalue weighted by Crippen LogP contribution is -2.24. The molecule has 0 amide bonds. The fraction of sp³-hybridized carbons (Fsp3) is 0.154. The van der Waals surface area contributed by atoms with Crippen LogP contribution < -0.4 is 5.56 Å². The Bertz CT molecular complexity index is 1490. The van der Waals surface area contributed by atoms with Crippen LogP contribution in [0.1, 0.15) is 24.0 Å². The molecule has 0 aliphatic carbocycles. The van der Waals surface area contributed by atoms with Crippen molar-refractivity contribution in [3.05, 3.63) is 111 Å². The molecule has 0 fully saturated rings. The number of nitrogens with zero attached hydrogens (tertiary/aromatic N) is 3. The minimum atomic E-state index is -0.358. The molecule has 0 aliphatic heterocycles. The molecule has 0 unspecified atom stereocenters. The van der Waals surface area contributed by atoms with Gasteiger partial charge in [-0.1, -0.05) is 61.0 Å². The second-order valence-electron chi connectivity index (χ2n) is 8.09. The van der Waals surface area contributed by atoms with Crippen LogP contribution >= 0.6 is 11.6 Å². The van der Waals surface area contributed by atoms with E-state index in [1.54, 1.807) is 17.0 Å². The Hall–Kier alpha value is -3.44. The highest BCUT2D eigenvalue weighted by Crippen LogP contribution is 2.28. The fourth-order valence-electron chi connectivity index (χ4n) is 4.27. The van der Waals surface area contributed by atoms with E-state index in [0.717, 1.165) is 16.6 Å². The third-order valence-electron chi connectivity index (χ3n) is 5.86. The SMILES string of the molecule is C[C@H](Cn1cnc2c3cc(F)ccc3n(Cc3cccc(Cl)c3)c2c1=O)c1ccccc1. The van der Waals surface area contributed by atoms with Crippen molar-refractivity contribution in [3.8, 4) is 0 Å². The number of benzene rings is 3. The smallest absolute Gasteiger partial charge is 0.277 e. The maximum atomic E-state index is 14.1. The molecule has 0 spiro atoms. The minimum Gasteiger partial charge on any atom is -0.330 e. The highest BCUT2D eigenvalue weighted by molar-refractivity contribution is 6.30. The van der Waals surface area contributed by atoms with Gasteiger partial charge in [-0.2, -0.15) is 0 Å². The number of hydrogen-bond acceptors (Lipinski definition) is 2. The molecule has 3 aromatic carbocycles. The molecule has 2 heterocycles. The Labute approximate surface area is 189 Å². The van der Waals surface area contributed by atoms with Gasteiger partial charge in [-0.25, -0.2) is 9.37 Å². The van der Waals surface area contributed by atoms with Gasteiger partial charge in [-0.3, -0.25) is 9.36 Å². The molecule has 0 saturated carbocycles. The highest BCUT2D eigenvalue weighted by atomic mass is 35.5. The molecule has 160 valence electrons. The quantitative estimate of drug-likeness (QED) is 0.333. The molecule has 0 radical (unpaired) electrons. The maximum absolute atomic E-state index is 14.1. The second kappa shape index (κ2) is 8.24. The van der Waals surface area contributed by atoms with Gasteiger partial charge in [-0.15, -0.1) is 0 Å². The van der Waals surface area contributed by atoms with Crippen LogP contribution in [0.5, 0.6) is 0 Å². The van der Waals surface area contributed by atoms with Gasteiger partial charge >= 0.3 is 0 Å². The molecule has 0 saturated heterocycles. The van der Waals surface area contributed by atoms with Crippen LogP contribution in [0.25, 0.3) is 21.9 Å². The average molecular weight is 446 g/mol. The molecule has 5 aromatic rings. The summed E-state index contributed by atoms with van der Waals surface area (Å²) in [6.07, 6.45) is 1.57. The van der Waals surface area contributed by atoms with Crippen molar-refractivity contribution in [2.75, 3.05) is 0 Å². The van der Waals surface area contributed by atoms with Gasteiger partial charge in [0.1, 0.15) is 16.9 Å². The van der Waals surface area contributed by atoms with E-state index in [0.29, 0.717) is 34.5 Å². The third kappa shape index (κ3) is 3.69. The Morgan fingerprint density at radius 2 is 1.84 bits per heavy atom. The summed E-state index contributed by atoms with van der Waals surface area (Å²) >= 11 is 6.18. The average Bonchev–Trinajstić information content (AvgIpc) is 3.09. The van der Waals surface area contributed by atoms with Gasteiger partial charge in [0.2, 0.25) is 0 Å². The number of rotatable bonds is 5. The first-order valence-electron chi connectivity index (χ1n) is 10.5. The molecule has 0 N–H and O–H groups in total. The van der Waals surface area contributed by atoms with Crippen LogP contribution in [0.15, 0.2) is 83.9 Å². The van der Waals surface area contributed by atoms with Crippen molar-refractivity contribution >= 4 is 33.5 Å². The Kier molecular flexibility index (Phi) is 5.27. The summed E-state index contributed by atoms with van der Waals surface area (Å²) in [5.74, 6) is -0.223. The van der Waals surface area contributed by atoms with Gasteiger partial charge in [-0.05, 0) is 47.4 Å². The zero-order valence-electron chi connectivity index (χ0n) is 17.5. The molecule has 6 heteroatoms. The van der Waals surface area contributed by atoms with E-state index in [9.17, 15) is 9.18 Å². The Morgan fingerprint density at radius 1 is 1.03 bits per heavy atom. The van der Waals surface area contributed by atoms with E-state index in [2.05, 4.69) is 24.0 Å². The topological polar surface area (TPSA) is 39.8 Å². The summed E-state index contributed by atoms with van der Waals surface area (Å²) in [5, 5.41) is 1.25. The van der Waals surface area contributed by atoms with Gasteiger partial charge < -0.3 is 4.57 Å². The van der Waals surface area contributed by atoms with Crippen molar-refractivity contribution in [1.29, 1.82) is 0 Å².